The number of carbonyl (C=O) groups is 1. The van der Waals surface area contributed by atoms with Crippen LogP contribution >= 0.6 is 0 Å². The minimum Gasteiger partial charge on any atom is -0.403 e. The number of hydrogen-bond acceptors (Lipinski definition) is 4. The molecule has 0 bridgehead atoms. The summed E-state index contributed by atoms with van der Waals surface area (Å²) in [5.74, 6) is 1.09. The Morgan fingerprint density at radius 3 is 2.33 bits per heavy atom. The monoisotopic (exact) mass is 496 g/mol. The van der Waals surface area contributed by atoms with Crippen LogP contribution in [0.2, 0.25) is 6.32 Å². The van der Waals surface area contributed by atoms with E-state index in [0.29, 0.717) is 11.8 Å². The lowest BCUT2D eigenvalue weighted by Crippen LogP contribution is -2.55. The van der Waals surface area contributed by atoms with Gasteiger partial charge in [-0.25, -0.2) is 0 Å². The van der Waals surface area contributed by atoms with Crippen molar-refractivity contribution < 1.29 is 14.1 Å². The maximum Gasteiger partial charge on any atom is 0.457 e. The van der Waals surface area contributed by atoms with Gasteiger partial charge >= 0.3 is 7.12 Å². The Labute approximate surface area is 220 Å². The van der Waals surface area contributed by atoms with Crippen molar-refractivity contribution in [2.24, 2.45) is 17.3 Å². The highest BCUT2D eigenvalue weighted by Gasteiger charge is 2.52. The van der Waals surface area contributed by atoms with E-state index in [9.17, 15) is 4.79 Å². The molecule has 1 aromatic carbocycles. The maximum absolute atomic E-state index is 13.8. The number of hydrogen-bond donors (Lipinski definition) is 1. The predicted molar refractivity (Wildman–Crippen MR) is 148 cm³/mol. The van der Waals surface area contributed by atoms with E-state index in [4.69, 9.17) is 9.31 Å². The molecule has 1 aromatic rings. The molecule has 0 aromatic heterocycles. The topological polar surface area (TPSA) is 50.8 Å². The zero-order valence-corrected chi connectivity index (χ0v) is 24.1. The Kier molecular flexibility index (Phi) is 7.74. The normalized spacial score (nSPS) is 30.2. The number of carbonyl (C=O) groups excluding carboxylic acids is 1. The van der Waals surface area contributed by atoms with E-state index in [-0.39, 0.29) is 35.2 Å². The van der Waals surface area contributed by atoms with Crippen LogP contribution in [0.15, 0.2) is 24.3 Å². The summed E-state index contributed by atoms with van der Waals surface area (Å²) in [6, 6.07) is 8.82. The van der Waals surface area contributed by atoms with Gasteiger partial charge in [-0.2, -0.15) is 0 Å². The van der Waals surface area contributed by atoms with Gasteiger partial charge in [0, 0.05) is 25.2 Å². The van der Waals surface area contributed by atoms with Gasteiger partial charge in [0.15, 0.2) is 0 Å². The van der Waals surface area contributed by atoms with Crippen LogP contribution in [0.25, 0.3) is 0 Å². The van der Waals surface area contributed by atoms with Gasteiger partial charge in [-0.05, 0) is 97.0 Å². The van der Waals surface area contributed by atoms with Crippen LogP contribution in [0.1, 0.15) is 92.2 Å². The van der Waals surface area contributed by atoms with Crippen LogP contribution in [0, 0.1) is 17.3 Å². The summed E-state index contributed by atoms with van der Waals surface area (Å²) in [6.07, 6.45) is 6.24. The first-order valence-corrected chi connectivity index (χ1v) is 14.2. The SMILES string of the molecule is CC(C)(C)NC(=O)[C@@]1(C)C[C@H](CCB2OC(C)(C)C(C)(C)O2)CCC1CN1CCc2ccccc2C1. The summed E-state index contributed by atoms with van der Waals surface area (Å²) >= 11 is 0. The molecule has 1 saturated heterocycles. The minimum absolute atomic E-state index is 0.157. The highest BCUT2D eigenvalue weighted by atomic mass is 16.7. The molecule has 5 nitrogen and oxygen atoms in total. The van der Waals surface area contributed by atoms with Gasteiger partial charge in [0.2, 0.25) is 5.91 Å². The lowest BCUT2D eigenvalue weighted by molar-refractivity contribution is -0.139. The van der Waals surface area contributed by atoms with Crippen molar-refractivity contribution in [3.63, 3.8) is 0 Å². The van der Waals surface area contributed by atoms with Gasteiger partial charge in [-0.15, -0.1) is 0 Å². The summed E-state index contributed by atoms with van der Waals surface area (Å²) in [4.78, 5) is 16.4. The Hall–Kier alpha value is -1.37. The van der Waals surface area contributed by atoms with E-state index in [1.165, 1.54) is 17.5 Å². The fraction of sp³-hybridized carbons (Fsp3) is 0.767. The number of rotatable bonds is 6. The molecule has 3 aliphatic rings. The van der Waals surface area contributed by atoms with Gasteiger partial charge in [0.1, 0.15) is 0 Å². The number of benzene rings is 1. The zero-order chi connectivity index (χ0) is 26.4. The van der Waals surface area contributed by atoms with Crippen molar-refractivity contribution in [2.45, 2.75) is 117 Å². The maximum atomic E-state index is 13.8. The molecule has 0 spiro atoms. The molecule has 3 atom stereocenters. The fourth-order valence-corrected chi connectivity index (χ4v) is 6.40. The molecule has 200 valence electrons. The first kappa shape index (κ1) is 27.7. The van der Waals surface area contributed by atoms with Crippen LogP contribution in [-0.4, -0.2) is 47.8 Å². The van der Waals surface area contributed by atoms with E-state index >= 15 is 0 Å². The van der Waals surface area contributed by atoms with Crippen molar-refractivity contribution in [1.29, 1.82) is 0 Å². The number of nitrogens with one attached hydrogen (secondary N) is 1. The Bertz CT molecular complexity index is 924. The summed E-state index contributed by atoms with van der Waals surface area (Å²) in [6.45, 7) is 20.0. The Morgan fingerprint density at radius 1 is 1.06 bits per heavy atom. The van der Waals surface area contributed by atoms with E-state index in [0.717, 1.165) is 51.6 Å². The number of fused-ring (bicyclic) bond motifs is 1. The Morgan fingerprint density at radius 2 is 1.69 bits per heavy atom. The van der Waals surface area contributed by atoms with Gasteiger partial charge < -0.3 is 14.6 Å². The van der Waals surface area contributed by atoms with Gasteiger partial charge in [-0.1, -0.05) is 44.0 Å². The van der Waals surface area contributed by atoms with Crippen molar-refractivity contribution in [3.8, 4) is 0 Å². The molecule has 1 amide bonds. The molecule has 1 saturated carbocycles. The van der Waals surface area contributed by atoms with Gasteiger partial charge in [0.25, 0.3) is 0 Å². The molecule has 1 unspecified atom stereocenters. The third-order valence-corrected chi connectivity index (χ3v) is 9.35. The minimum atomic E-state index is -0.372. The van der Waals surface area contributed by atoms with E-state index in [1.807, 2.05) is 0 Å². The van der Waals surface area contributed by atoms with Crippen LogP contribution in [0.5, 0.6) is 0 Å². The number of nitrogens with zero attached hydrogens (tertiary/aromatic N) is 1. The van der Waals surface area contributed by atoms with Crippen molar-refractivity contribution in [3.05, 3.63) is 35.4 Å². The largest absolute Gasteiger partial charge is 0.457 e. The molecule has 4 rings (SSSR count). The van der Waals surface area contributed by atoms with Crippen LogP contribution in [0.4, 0.5) is 0 Å². The zero-order valence-electron chi connectivity index (χ0n) is 24.1. The molecule has 0 radical (unpaired) electrons. The highest BCUT2D eigenvalue weighted by molar-refractivity contribution is 6.45. The molecular formula is C30H49BN2O3. The summed E-state index contributed by atoms with van der Waals surface area (Å²) in [5, 5.41) is 3.34. The summed E-state index contributed by atoms with van der Waals surface area (Å²) < 4.78 is 12.5. The molecule has 1 N–H and O–H groups in total. The molecule has 2 heterocycles. The number of amides is 1. The first-order chi connectivity index (χ1) is 16.7. The summed E-state index contributed by atoms with van der Waals surface area (Å²) in [7, 11) is -0.157. The smallest absolute Gasteiger partial charge is 0.403 e. The van der Waals surface area contributed by atoms with Crippen molar-refractivity contribution in [1.82, 2.24) is 10.2 Å². The molecular weight excluding hydrogens is 447 g/mol. The standard InChI is InChI=1S/C30H49BN2O3/c1-27(2,3)32-26(34)30(8)19-22(15-17-31-35-28(4,5)29(6,7)36-31)13-14-25(30)21-33-18-16-23-11-9-10-12-24(23)20-33/h9-12,22,25H,13-21H2,1-8H3,(H,32,34)/t22-,25?,30-/m0/s1. The van der Waals surface area contributed by atoms with Crippen LogP contribution < -0.4 is 5.32 Å². The fourth-order valence-electron chi connectivity index (χ4n) is 6.40. The lowest BCUT2D eigenvalue weighted by Gasteiger charge is -2.47. The van der Waals surface area contributed by atoms with Gasteiger partial charge in [0.05, 0.1) is 16.6 Å². The Balaban J connectivity index is 1.43. The van der Waals surface area contributed by atoms with Crippen LogP contribution in [0.3, 0.4) is 0 Å². The average Bonchev–Trinajstić information content (AvgIpc) is 2.99. The third-order valence-electron chi connectivity index (χ3n) is 9.35. The van der Waals surface area contributed by atoms with Crippen molar-refractivity contribution >= 4 is 13.0 Å². The average molecular weight is 497 g/mol. The lowest BCUT2D eigenvalue weighted by atomic mass is 9.61. The molecule has 6 heteroatoms. The second-order valence-electron chi connectivity index (χ2n) is 14.0. The second-order valence-corrected chi connectivity index (χ2v) is 14.0. The highest BCUT2D eigenvalue weighted by Crippen LogP contribution is 2.47. The van der Waals surface area contributed by atoms with E-state index in [1.54, 1.807) is 0 Å². The van der Waals surface area contributed by atoms with E-state index in [2.05, 4.69) is 89.9 Å². The predicted octanol–water partition coefficient (Wildman–Crippen LogP) is 5.86. The third kappa shape index (κ3) is 6.02. The van der Waals surface area contributed by atoms with E-state index < -0.39 is 0 Å². The molecule has 1 aliphatic carbocycles. The van der Waals surface area contributed by atoms with Gasteiger partial charge in [-0.3, -0.25) is 9.69 Å². The van der Waals surface area contributed by atoms with Crippen LogP contribution in [-0.2, 0) is 27.1 Å². The first-order valence-electron chi connectivity index (χ1n) is 14.2. The molecule has 36 heavy (non-hydrogen) atoms. The quantitative estimate of drug-likeness (QED) is 0.501. The summed E-state index contributed by atoms with van der Waals surface area (Å²) in [5.41, 5.74) is 1.74. The van der Waals surface area contributed by atoms with Crippen molar-refractivity contribution in [2.75, 3.05) is 13.1 Å². The second kappa shape index (κ2) is 10.1. The molecule has 2 fully saturated rings. The molecule has 2 aliphatic heterocycles.